The van der Waals surface area contributed by atoms with Gasteiger partial charge in [-0.1, -0.05) is 6.07 Å². The van der Waals surface area contributed by atoms with E-state index in [0.717, 1.165) is 16.8 Å². The molecule has 0 aliphatic rings. The zero-order valence-electron chi connectivity index (χ0n) is 11.5. The fraction of sp³-hybridized carbons (Fsp3) is 0.500. The predicted octanol–water partition coefficient (Wildman–Crippen LogP) is 1.55. The van der Waals surface area contributed by atoms with E-state index >= 15 is 0 Å². The predicted molar refractivity (Wildman–Crippen MR) is 73.7 cm³/mol. The summed E-state index contributed by atoms with van der Waals surface area (Å²) in [5.74, 6) is -0.0669. The van der Waals surface area contributed by atoms with Crippen molar-refractivity contribution in [2.75, 3.05) is 25.5 Å². The molecule has 4 nitrogen and oxygen atoms in total. The summed E-state index contributed by atoms with van der Waals surface area (Å²) in [7, 11) is 1.82. The van der Waals surface area contributed by atoms with Gasteiger partial charge in [0, 0.05) is 11.7 Å². The molecule has 0 saturated heterocycles. The zero-order valence-corrected chi connectivity index (χ0v) is 11.5. The Hall–Kier alpha value is -1.39. The summed E-state index contributed by atoms with van der Waals surface area (Å²) in [5.41, 5.74) is 3.08. The third-order valence-electron chi connectivity index (χ3n) is 2.92. The van der Waals surface area contributed by atoms with Gasteiger partial charge in [0.05, 0.1) is 13.2 Å². The number of nitrogens with zero attached hydrogens (tertiary/aromatic N) is 1. The summed E-state index contributed by atoms with van der Waals surface area (Å²) in [5, 5.41) is 11.9. The maximum absolute atomic E-state index is 11.8. The zero-order chi connectivity index (χ0) is 13.7. The average Bonchev–Trinajstić information content (AvgIpc) is 2.25. The van der Waals surface area contributed by atoms with Gasteiger partial charge in [-0.25, -0.2) is 0 Å². The second-order valence-corrected chi connectivity index (χ2v) is 4.87. The summed E-state index contributed by atoms with van der Waals surface area (Å²) in [6, 6.07) is 5.94. The van der Waals surface area contributed by atoms with Crippen LogP contribution in [-0.2, 0) is 4.79 Å². The first-order valence-electron chi connectivity index (χ1n) is 6.11. The van der Waals surface area contributed by atoms with Crippen LogP contribution in [0.5, 0.6) is 0 Å². The van der Waals surface area contributed by atoms with Crippen LogP contribution in [0.3, 0.4) is 0 Å². The summed E-state index contributed by atoms with van der Waals surface area (Å²) in [4.78, 5) is 13.6. The van der Waals surface area contributed by atoms with Crippen molar-refractivity contribution in [2.45, 2.75) is 26.8 Å². The highest BCUT2D eigenvalue weighted by Gasteiger charge is 2.12. The van der Waals surface area contributed by atoms with E-state index < -0.39 is 0 Å². The van der Waals surface area contributed by atoms with E-state index in [1.165, 1.54) is 0 Å². The van der Waals surface area contributed by atoms with Crippen LogP contribution in [-0.4, -0.2) is 42.2 Å². The van der Waals surface area contributed by atoms with Crippen LogP contribution in [0.4, 0.5) is 5.69 Å². The van der Waals surface area contributed by atoms with E-state index in [0.29, 0.717) is 0 Å². The van der Waals surface area contributed by atoms with Gasteiger partial charge in [0.2, 0.25) is 5.91 Å². The average molecular weight is 250 g/mol. The van der Waals surface area contributed by atoms with Gasteiger partial charge in [0.15, 0.2) is 0 Å². The SMILES string of the molecule is Cc1cc(C)cc(NC(=O)CN(C)C(C)CO)c1. The molecule has 0 radical (unpaired) electrons. The van der Waals surface area contributed by atoms with Crippen molar-refractivity contribution in [1.82, 2.24) is 4.90 Å². The summed E-state index contributed by atoms with van der Waals surface area (Å²) in [6.45, 7) is 6.21. The molecule has 0 aliphatic carbocycles. The molecule has 1 unspecified atom stereocenters. The van der Waals surface area contributed by atoms with Crippen LogP contribution in [0.25, 0.3) is 0 Å². The Morgan fingerprint density at radius 3 is 2.39 bits per heavy atom. The van der Waals surface area contributed by atoms with E-state index in [9.17, 15) is 4.79 Å². The van der Waals surface area contributed by atoms with E-state index in [4.69, 9.17) is 5.11 Å². The third kappa shape index (κ3) is 4.47. The molecular formula is C14H22N2O2. The number of hydrogen-bond donors (Lipinski definition) is 2. The van der Waals surface area contributed by atoms with Crippen LogP contribution in [0.2, 0.25) is 0 Å². The van der Waals surface area contributed by atoms with Gasteiger partial charge in [0.25, 0.3) is 0 Å². The molecule has 0 aromatic heterocycles. The normalized spacial score (nSPS) is 12.6. The van der Waals surface area contributed by atoms with E-state index in [1.807, 2.05) is 44.9 Å². The van der Waals surface area contributed by atoms with E-state index in [1.54, 1.807) is 0 Å². The molecule has 1 atom stereocenters. The van der Waals surface area contributed by atoms with Gasteiger partial charge in [-0.05, 0) is 51.1 Å². The maximum Gasteiger partial charge on any atom is 0.238 e. The monoisotopic (exact) mass is 250 g/mol. The fourth-order valence-corrected chi connectivity index (χ4v) is 1.77. The van der Waals surface area contributed by atoms with E-state index in [2.05, 4.69) is 11.4 Å². The molecule has 1 amide bonds. The second-order valence-electron chi connectivity index (χ2n) is 4.87. The molecule has 100 valence electrons. The number of aliphatic hydroxyl groups excluding tert-OH is 1. The molecule has 18 heavy (non-hydrogen) atoms. The van der Waals surface area contributed by atoms with Crippen molar-refractivity contribution in [3.8, 4) is 0 Å². The Morgan fingerprint density at radius 1 is 1.33 bits per heavy atom. The van der Waals surface area contributed by atoms with Gasteiger partial charge in [-0.2, -0.15) is 0 Å². The molecule has 1 aromatic carbocycles. The summed E-state index contributed by atoms with van der Waals surface area (Å²) < 4.78 is 0. The largest absolute Gasteiger partial charge is 0.395 e. The van der Waals surface area contributed by atoms with Gasteiger partial charge >= 0.3 is 0 Å². The Balaban J connectivity index is 2.59. The molecule has 0 fully saturated rings. The number of benzene rings is 1. The first-order valence-corrected chi connectivity index (χ1v) is 6.11. The molecule has 0 aliphatic heterocycles. The van der Waals surface area contributed by atoms with Crippen LogP contribution in [0, 0.1) is 13.8 Å². The Morgan fingerprint density at radius 2 is 1.89 bits per heavy atom. The lowest BCUT2D eigenvalue weighted by molar-refractivity contribution is -0.117. The van der Waals surface area contributed by atoms with Crippen LogP contribution < -0.4 is 5.32 Å². The molecule has 4 heteroatoms. The number of likely N-dealkylation sites (N-methyl/N-ethyl adjacent to an activating group) is 1. The quantitative estimate of drug-likeness (QED) is 0.833. The minimum atomic E-state index is -0.0669. The van der Waals surface area contributed by atoms with E-state index in [-0.39, 0.29) is 25.1 Å². The lowest BCUT2D eigenvalue weighted by atomic mass is 10.1. The second kappa shape index (κ2) is 6.52. The standard InChI is InChI=1S/C14H22N2O2/c1-10-5-11(2)7-13(6-10)15-14(18)8-16(4)12(3)9-17/h5-7,12,17H,8-9H2,1-4H3,(H,15,18). The van der Waals surface area contributed by atoms with Gasteiger partial charge < -0.3 is 10.4 Å². The first-order chi connectivity index (χ1) is 8.42. The number of rotatable bonds is 5. The number of aliphatic hydroxyl groups is 1. The Kier molecular flexibility index (Phi) is 5.31. The van der Waals surface area contributed by atoms with Crippen molar-refractivity contribution in [3.63, 3.8) is 0 Å². The van der Waals surface area contributed by atoms with Crippen molar-refractivity contribution in [3.05, 3.63) is 29.3 Å². The summed E-state index contributed by atoms with van der Waals surface area (Å²) >= 11 is 0. The number of carbonyl (C=O) groups is 1. The minimum Gasteiger partial charge on any atom is -0.395 e. The van der Waals surface area contributed by atoms with Crippen LogP contribution in [0.1, 0.15) is 18.1 Å². The highest BCUT2D eigenvalue weighted by molar-refractivity contribution is 5.92. The van der Waals surface area contributed by atoms with Crippen molar-refractivity contribution < 1.29 is 9.90 Å². The highest BCUT2D eigenvalue weighted by Crippen LogP contribution is 2.13. The molecule has 0 spiro atoms. The molecular weight excluding hydrogens is 228 g/mol. The summed E-state index contributed by atoms with van der Waals surface area (Å²) in [6.07, 6.45) is 0. The topological polar surface area (TPSA) is 52.6 Å². The van der Waals surface area contributed by atoms with Gasteiger partial charge in [0.1, 0.15) is 0 Å². The molecule has 2 N–H and O–H groups in total. The lowest BCUT2D eigenvalue weighted by Gasteiger charge is -2.22. The molecule has 0 saturated carbocycles. The van der Waals surface area contributed by atoms with Crippen molar-refractivity contribution in [1.29, 1.82) is 0 Å². The smallest absolute Gasteiger partial charge is 0.238 e. The molecule has 1 aromatic rings. The van der Waals surface area contributed by atoms with Crippen molar-refractivity contribution in [2.24, 2.45) is 0 Å². The molecule has 1 rings (SSSR count). The molecule has 0 heterocycles. The number of hydrogen-bond acceptors (Lipinski definition) is 3. The number of nitrogens with one attached hydrogen (secondary N) is 1. The fourth-order valence-electron chi connectivity index (χ4n) is 1.77. The number of anilines is 1. The van der Waals surface area contributed by atoms with Gasteiger partial charge in [-0.3, -0.25) is 9.69 Å². The van der Waals surface area contributed by atoms with Crippen LogP contribution in [0.15, 0.2) is 18.2 Å². The molecule has 0 bridgehead atoms. The van der Waals surface area contributed by atoms with Crippen molar-refractivity contribution >= 4 is 11.6 Å². The maximum atomic E-state index is 11.8. The minimum absolute atomic E-state index is 0.0185. The first kappa shape index (κ1) is 14.7. The number of aryl methyl sites for hydroxylation is 2. The Bertz CT molecular complexity index is 398. The van der Waals surface area contributed by atoms with Crippen LogP contribution >= 0.6 is 0 Å². The third-order valence-corrected chi connectivity index (χ3v) is 2.92. The number of amides is 1. The highest BCUT2D eigenvalue weighted by atomic mass is 16.3. The van der Waals surface area contributed by atoms with Gasteiger partial charge in [-0.15, -0.1) is 0 Å². The lowest BCUT2D eigenvalue weighted by Crippen LogP contribution is -2.38. The Labute approximate surface area is 109 Å². The number of carbonyl (C=O) groups excluding carboxylic acids is 1.